The lowest BCUT2D eigenvalue weighted by Crippen LogP contribution is -2.45. The number of nitrogens with one attached hydrogen (secondary N) is 2. The molecule has 2 fully saturated rings. The minimum Gasteiger partial charge on any atom is -0.378 e. The predicted molar refractivity (Wildman–Crippen MR) is 64.9 cm³/mol. The van der Waals surface area contributed by atoms with Crippen molar-refractivity contribution in [1.29, 1.82) is 0 Å². The van der Waals surface area contributed by atoms with Crippen molar-refractivity contribution in [3.8, 4) is 0 Å². The van der Waals surface area contributed by atoms with Gasteiger partial charge in [0.25, 0.3) is 0 Å². The summed E-state index contributed by atoms with van der Waals surface area (Å²) in [5.74, 6) is 0.171. The number of hydrogen-bond donors (Lipinski definition) is 2. The Kier molecular flexibility index (Phi) is 6.09. The van der Waals surface area contributed by atoms with Gasteiger partial charge in [0.05, 0.1) is 13.2 Å². The average molecular weight is 249 g/mol. The molecule has 2 rings (SSSR count). The third kappa shape index (κ3) is 4.28. The molecule has 0 aromatic heterocycles. The van der Waals surface area contributed by atoms with Crippen LogP contribution >= 0.6 is 12.4 Å². The topological polar surface area (TPSA) is 50.4 Å². The summed E-state index contributed by atoms with van der Waals surface area (Å²) in [6, 6.07) is 0.641. The quantitative estimate of drug-likeness (QED) is 0.779. The average Bonchev–Trinajstić information content (AvgIpc) is 2.71. The van der Waals surface area contributed by atoms with Crippen LogP contribution in [0.2, 0.25) is 0 Å². The minimum absolute atomic E-state index is 0. The summed E-state index contributed by atoms with van der Waals surface area (Å²) < 4.78 is 5.31. The smallest absolute Gasteiger partial charge is 0.221 e. The Balaban J connectivity index is 0.00000128. The number of morpholine rings is 1. The highest BCUT2D eigenvalue weighted by molar-refractivity contribution is 5.85. The van der Waals surface area contributed by atoms with Crippen LogP contribution in [0.3, 0.4) is 0 Å². The highest BCUT2D eigenvalue weighted by atomic mass is 35.5. The van der Waals surface area contributed by atoms with Crippen LogP contribution in [0.4, 0.5) is 0 Å². The molecule has 1 saturated heterocycles. The number of hydrogen-bond acceptors (Lipinski definition) is 3. The van der Waals surface area contributed by atoms with Crippen molar-refractivity contribution in [3.05, 3.63) is 0 Å². The fraction of sp³-hybridized carbons (Fsp3) is 0.909. The maximum atomic E-state index is 11.7. The Morgan fingerprint density at radius 3 is 2.75 bits per heavy atom. The normalized spacial score (nSPS) is 26.1. The van der Waals surface area contributed by atoms with Gasteiger partial charge in [-0.1, -0.05) is 12.8 Å². The Labute approximate surface area is 103 Å². The molecule has 16 heavy (non-hydrogen) atoms. The second-order valence-electron chi connectivity index (χ2n) is 4.48. The molecule has 1 aliphatic heterocycles. The molecular weight excluding hydrogens is 228 g/mol. The second kappa shape index (κ2) is 7.09. The van der Waals surface area contributed by atoms with Crippen LogP contribution in [0.25, 0.3) is 0 Å². The van der Waals surface area contributed by atoms with E-state index in [1.165, 1.54) is 12.8 Å². The first-order valence-corrected chi connectivity index (χ1v) is 5.95. The number of carbonyl (C=O) groups is 1. The number of halogens is 1. The molecular formula is C11H21ClN2O2. The molecule has 1 heterocycles. The molecule has 0 spiro atoms. The monoisotopic (exact) mass is 248 g/mol. The lowest BCUT2D eigenvalue weighted by atomic mass is 10.1. The van der Waals surface area contributed by atoms with Gasteiger partial charge >= 0.3 is 0 Å². The van der Waals surface area contributed by atoms with E-state index < -0.39 is 0 Å². The summed E-state index contributed by atoms with van der Waals surface area (Å²) in [7, 11) is 0. The zero-order chi connectivity index (χ0) is 10.5. The number of carbonyl (C=O) groups excluding carboxylic acids is 1. The highest BCUT2D eigenvalue weighted by Crippen LogP contribution is 2.17. The van der Waals surface area contributed by atoms with Crippen LogP contribution in [0, 0.1) is 0 Å². The van der Waals surface area contributed by atoms with Crippen LogP contribution in [0.1, 0.15) is 32.1 Å². The third-order valence-electron chi connectivity index (χ3n) is 3.15. The minimum atomic E-state index is 0. The van der Waals surface area contributed by atoms with E-state index >= 15 is 0 Å². The molecule has 1 aliphatic carbocycles. The van der Waals surface area contributed by atoms with Crippen molar-refractivity contribution in [2.45, 2.75) is 44.2 Å². The van der Waals surface area contributed by atoms with E-state index in [0.29, 0.717) is 19.1 Å². The highest BCUT2D eigenvalue weighted by Gasteiger charge is 2.20. The molecule has 0 aromatic carbocycles. The van der Waals surface area contributed by atoms with Crippen LogP contribution < -0.4 is 10.6 Å². The van der Waals surface area contributed by atoms with E-state index in [9.17, 15) is 4.79 Å². The van der Waals surface area contributed by atoms with Crippen LogP contribution in [0.15, 0.2) is 0 Å². The largest absolute Gasteiger partial charge is 0.378 e. The predicted octanol–water partition coefficient (Wildman–Crippen LogP) is 0.845. The van der Waals surface area contributed by atoms with Gasteiger partial charge < -0.3 is 15.4 Å². The van der Waals surface area contributed by atoms with Gasteiger partial charge in [-0.15, -0.1) is 12.4 Å². The second-order valence-corrected chi connectivity index (χ2v) is 4.48. The first-order valence-electron chi connectivity index (χ1n) is 5.95. The molecule has 94 valence electrons. The Bertz CT molecular complexity index is 214. The SMILES string of the molecule is Cl.O=C(CC1COCCN1)NC1CCCC1. The van der Waals surface area contributed by atoms with Gasteiger partial charge in [0, 0.05) is 25.0 Å². The lowest BCUT2D eigenvalue weighted by molar-refractivity contribution is -0.122. The van der Waals surface area contributed by atoms with Gasteiger partial charge in [-0.05, 0) is 12.8 Å². The first-order chi connectivity index (χ1) is 7.34. The van der Waals surface area contributed by atoms with Crippen molar-refractivity contribution in [2.75, 3.05) is 19.8 Å². The van der Waals surface area contributed by atoms with E-state index in [1.807, 2.05) is 0 Å². The van der Waals surface area contributed by atoms with E-state index in [-0.39, 0.29) is 24.4 Å². The first kappa shape index (κ1) is 13.7. The Hall–Kier alpha value is -0.320. The van der Waals surface area contributed by atoms with Gasteiger partial charge in [-0.3, -0.25) is 4.79 Å². The molecule has 1 amide bonds. The molecule has 2 N–H and O–H groups in total. The van der Waals surface area contributed by atoms with Gasteiger partial charge in [0.15, 0.2) is 0 Å². The molecule has 0 bridgehead atoms. The number of ether oxygens (including phenoxy) is 1. The van der Waals surface area contributed by atoms with Gasteiger partial charge in [0.1, 0.15) is 0 Å². The van der Waals surface area contributed by atoms with Gasteiger partial charge in [0.2, 0.25) is 5.91 Å². The summed E-state index contributed by atoms with van der Waals surface area (Å²) in [5, 5.41) is 6.38. The molecule has 0 radical (unpaired) electrons. The molecule has 1 unspecified atom stereocenters. The van der Waals surface area contributed by atoms with Crippen LogP contribution in [0.5, 0.6) is 0 Å². The van der Waals surface area contributed by atoms with Gasteiger partial charge in [-0.2, -0.15) is 0 Å². The van der Waals surface area contributed by atoms with Crippen LogP contribution in [-0.2, 0) is 9.53 Å². The Morgan fingerprint density at radius 1 is 1.38 bits per heavy atom. The van der Waals surface area contributed by atoms with E-state index in [1.54, 1.807) is 0 Å². The fourth-order valence-corrected chi connectivity index (χ4v) is 2.33. The molecule has 4 nitrogen and oxygen atoms in total. The molecule has 5 heteroatoms. The summed E-state index contributed by atoms with van der Waals surface area (Å²) in [6.45, 7) is 2.29. The van der Waals surface area contributed by atoms with Crippen molar-refractivity contribution >= 4 is 18.3 Å². The third-order valence-corrected chi connectivity index (χ3v) is 3.15. The zero-order valence-corrected chi connectivity index (χ0v) is 10.4. The lowest BCUT2D eigenvalue weighted by Gasteiger charge is -2.24. The van der Waals surface area contributed by atoms with Crippen molar-refractivity contribution in [2.24, 2.45) is 0 Å². The van der Waals surface area contributed by atoms with Crippen molar-refractivity contribution in [1.82, 2.24) is 10.6 Å². The van der Waals surface area contributed by atoms with Gasteiger partial charge in [-0.25, -0.2) is 0 Å². The van der Waals surface area contributed by atoms with E-state index in [2.05, 4.69) is 10.6 Å². The number of rotatable bonds is 3. The van der Waals surface area contributed by atoms with E-state index in [4.69, 9.17) is 4.74 Å². The summed E-state index contributed by atoms with van der Waals surface area (Å²) in [6.07, 6.45) is 5.38. The summed E-state index contributed by atoms with van der Waals surface area (Å²) >= 11 is 0. The zero-order valence-electron chi connectivity index (χ0n) is 9.54. The molecule has 1 atom stereocenters. The van der Waals surface area contributed by atoms with E-state index in [0.717, 1.165) is 26.0 Å². The Morgan fingerprint density at radius 2 is 2.12 bits per heavy atom. The number of amides is 1. The molecule has 1 saturated carbocycles. The summed E-state index contributed by atoms with van der Waals surface area (Å²) in [4.78, 5) is 11.7. The standard InChI is InChI=1S/C11H20N2O2.ClH/c14-11(13-9-3-1-2-4-9)7-10-8-15-6-5-12-10;/h9-10,12H,1-8H2,(H,13,14);1H. The molecule has 0 aromatic rings. The molecule has 2 aliphatic rings. The summed E-state index contributed by atoms with van der Waals surface area (Å²) in [5.41, 5.74) is 0. The fourth-order valence-electron chi connectivity index (χ4n) is 2.33. The van der Waals surface area contributed by atoms with Crippen LogP contribution in [-0.4, -0.2) is 37.7 Å². The maximum Gasteiger partial charge on any atom is 0.221 e. The van der Waals surface area contributed by atoms with Crippen molar-refractivity contribution in [3.63, 3.8) is 0 Å². The maximum absolute atomic E-state index is 11.7. The van der Waals surface area contributed by atoms with Crippen molar-refractivity contribution < 1.29 is 9.53 Å².